The normalized spacial score (nSPS) is 15.0. The molecule has 3 rings (SSSR count). The number of hydrogen-bond donors (Lipinski definition) is 1. The van der Waals surface area contributed by atoms with Crippen LogP contribution in [0.3, 0.4) is 0 Å². The lowest BCUT2D eigenvalue weighted by Crippen LogP contribution is -2.25. The van der Waals surface area contributed by atoms with Gasteiger partial charge in [-0.05, 0) is 25.2 Å². The lowest BCUT2D eigenvalue weighted by atomic mass is 10.1. The molecule has 0 unspecified atom stereocenters. The highest BCUT2D eigenvalue weighted by atomic mass is 32.1. The van der Waals surface area contributed by atoms with E-state index >= 15 is 0 Å². The molecule has 7 heteroatoms. The van der Waals surface area contributed by atoms with Crippen LogP contribution in [-0.4, -0.2) is 32.3 Å². The Morgan fingerprint density at radius 3 is 2.95 bits per heavy atom. The topological polar surface area (TPSA) is 72.2 Å². The number of fused-ring (bicyclic) bond motifs is 1. The Balaban J connectivity index is 1.52. The highest BCUT2D eigenvalue weighted by Gasteiger charge is 2.30. The van der Waals surface area contributed by atoms with Crippen LogP contribution in [0.1, 0.15) is 56.3 Å². The highest BCUT2D eigenvalue weighted by Crippen LogP contribution is 2.39. The zero-order chi connectivity index (χ0) is 14.8. The van der Waals surface area contributed by atoms with Crippen molar-refractivity contribution >= 4 is 22.2 Å². The quantitative estimate of drug-likeness (QED) is 0.851. The van der Waals surface area contributed by atoms with Gasteiger partial charge in [-0.3, -0.25) is 4.79 Å². The van der Waals surface area contributed by atoms with Gasteiger partial charge < -0.3 is 5.32 Å². The molecule has 0 atom stereocenters. The maximum absolute atomic E-state index is 11.8. The molecule has 1 fully saturated rings. The molecule has 0 aliphatic heterocycles. The largest absolute Gasteiger partial charge is 0.356 e. The molecule has 0 spiro atoms. The fourth-order valence-electron chi connectivity index (χ4n) is 2.18. The van der Waals surface area contributed by atoms with Crippen LogP contribution in [0.4, 0.5) is 0 Å². The summed E-state index contributed by atoms with van der Waals surface area (Å²) >= 11 is 1.53. The molecule has 0 saturated heterocycles. The molecule has 1 N–H and O–H groups in total. The van der Waals surface area contributed by atoms with Crippen LogP contribution in [0.15, 0.2) is 0 Å². The third-order valence-corrected chi connectivity index (χ3v) is 4.57. The van der Waals surface area contributed by atoms with Crippen LogP contribution < -0.4 is 5.32 Å². The Hall–Kier alpha value is -1.50. The van der Waals surface area contributed by atoms with E-state index in [1.165, 1.54) is 24.2 Å². The van der Waals surface area contributed by atoms with Crippen molar-refractivity contribution in [3.05, 3.63) is 10.8 Å². The summed E-state index contributed by atoms with van der Waals surface area (Å²) in [5, 5.41) is 16.8. The second kappa shape index (κ2) is 6.09. The first-order valence-electron chi connectivity index (χ1n) is 7.61. The first kappa shape index (κ1) is 14.4. The van der Waals surface area contributed by atoms with E-state index in [0.29, 0.717) is 24.7 Å². The van der Waals surface area contributed by atoms with Gasteiger partial charge in [0.1, 0.15) is 5.01 Å². The van der Waals surface area contributed by atoms with Gasteiger partial charge in [-0.25, -0.2) is 0 Å². The van der Waals surface area contributed by atoms with Crippen LogP contribution >= 0.6 is 11.3 Å². The molecule has 1 aliphatic carbocycles. The van der Waals surface area contributed by atoms with Gasteiger partial charge in [-0.1, -0.05) is 25.2 Å². The van der Waals surface area contributed by atoms with Crippen LogP contribution in [0, 0.1) is 5.92 Å². The molecule has 2 aromatic heterocycles. The molecule has 114 valence electrons. The maximum atomic E-state index is 11.8. The molecule has 21 heavy (non-hydrogen) atoms. The standard InChI is InChI=1S/C14H21N5OS/c1-9(2)7-8-15-11(20)5-6-12-18-19-13(10-3-4-10)16-17-14(19)21-12/h9-10H,3-8H2,1-2H3,(H,15,20). The van der Waals surface area contributed by atoms with Gasteiger partial charge in [0.2, 0.25) is 10.9 Å². The Morgan fingerprint density at radius 1 is 1.43 bits per heavy atom. The monoisotopic (exact) mass is 307 g/mol. The van der Waals surface area contributed by atoms with Gasteiger partial charge in [0, 0.05) is 25.3 Å². The van der Waals surface area contributed by atoms with Crippen molar-refractivity contribution in [3.8, 4) is 0 Å². The van der Waals surface area contributed by atoms with Gasteiger partial charge in [0.05, 0.1) is 0 Å². The molecule has 6 nitrogen and oxygen atoms in total. The van der Waals surface area contributed by atoms with Crippen LogP contribution in [0.2, 0.25) is 0 Å². The second-order valence-electron chi connectivity index (χ2n) is 6.06. The third-order valence-electron chi connectivity index (χ3n) is 3.61. The van der Waals surface area contributed by atoms with Gasteiger partial charge in [-0.2, -0.15) is 9.61 Å². The van der Waals surface area contributed by atoms with E-state index in [-0.39, 0.29) is 5.91 Å². The van der Waals surface area contributed by atoms with E-state index in [2.05, 4.69) is 34.5 Å². The van der Waals surface area contributed by atoms with Crippen molar-refractivity contribution in [2.24, 2.45) is 5.92 Å². The zero-order valence-corrected chi connectivity index (χ0v) is 13.3. The molecule has 0 aromatic carbocycles. The molecule has 0 radical (unpaired) electrons. The summed E-state index contributed by atoms with van der Waals surface area (Å²) in [4.78, 5) is 12.6. The van der Waals surface area contributed by atoms with Crippen molar-refractivity contribution in [1.82, 2.24) is 25.1 Å². The lowest BCUT2D eigenvalue weighted by Gasteiger charge is -2.06. The summed E-state index contributed by atoms with van der Waals surface area (Å²) < 4.78 is 1.86. The number of aromatic nitrogens is 4. The van der Waals surface area contributed by atoms with E-state index in [4.69, 9.17) is 0 Å². The minimum Gasteiger partial charge on any atom is -0.356 e. The number of carbonyl (C=O) groups is 1. The minimum atomic E-state index is 0.101. The second-order valence-corrected chi connectivity index (χ2v) is 7.10. The summed E-state index contributed by atoms with van der Waals surface area (Å²) in [6, 6.07) is 0. The number of aryl methyl sites for hydroxylation is 1. The molecule has 1 amide bonds. The molecular formula is C14H21N5OS. The molecule has 0 bridgehead atoms. The highest BCUT2D eigenvalue weighted by molar-refractivity contribution is 7.16. The van der Waals surface area contributed by atoms with Gasteiger partial charge >= 0.3 is 0 Å². The lowest BCUT2D eigenvalue weighted by molar-refractivity contribution is -0.121. The fourth-order valence-corrected chi connectivity index (χ4v) is 3.02. The Morgan fingerprint density at radius 2 is 2.24 bits per heavy atom. The van der Waals surface area contributed by atoms with Gasteiger partial charge in [-0.15, -0.1) is 10.2 Å². The fraction of sp³-hybridized carbons (Fsp3) is 0.714. The smallest absolute Gasteiger partial charge is 0.234 e. The SMILES string of the molecule is CC(C)CCNC(=O)CCc1nn2c(C3CC3)nnc2s1. The maximum Gasteiger partial charge on any atom is 0.234 e. The van der Waals surface area contributed by atoms with Crippen LogP contribution in [-0.2, 0) is 11.2 Å². The summed E-state index contributed by atoms with van der Waals surface area (Å²) in [5.74, 6) is 2.23. The summed E-state index contributed by atoms with van der Waals surface area (Å²) in [7, 11) is 0. The van der Waals surface area contributed by atoms with E-state index in [1.54, 1.807) is 0 Å². The molecule has 2 heterocycles. The van der Waals surface area contributed by atoms with Crippen molar-refractivity contribution in [2.75, 3.05) is 6.54 Å². The number of nitrogens with zero attached hydrogens (tertiary/aromatic N) is 4. The molecule has 1 saturated carbocycles. The van der Waals surface area contributed by atoms with Gasteiger partial charge in [0.15, 0.2) is 5.82 Å². The van der Waals surface area contributed by atoms with E-state index in [1.807, 2.05) is 4.52 Å². The van der Waals surface area contributed by atoms with Crippen molar-refractivity contribution < 1.29 is 4.79 Å². The van der Waals surface area contributed by atoms with E-state index in [9.17, 15) is 4.79 Å². The molecule has 2 aromatic rings. The van der Waals surface area contributed by atoms with Gasteiger partial charge in [0.25, 0.3) is 0 Å². The number of rotatable bonds is 7. The number of carbonyl (C=O) groups excluding carboxylic acids is 1. The van der Waals surface area contributed by atoms with Crippen LogP contribution in [0.5, 0.6) is 0 Å². The Bertz CT molecular complexity index is 628. The molecular weight excluding hydrogens is 286 g/mol. The molecule has 1 aliphatic rings. The average Bonchev–Trinajstić information content (AvgIpc) is 3.07. The minimum absolute atomic E-state index is 0.101. The van der Waals surface area contributed by atoms with Crippen LogP contribution in [0.25, 0.3) is 4.96 Å². The average molecular weight is 307 g/mol. The van der Waals surface area contributed by atoms with Crippen molar-refractivity contribution in [2.45, 2.75) is 51.9 Å². The Kier molecular flexibility index (Phi) is 4.19. The number of hydrogen-bond acceptors (Lipinski definition) is 5. The van der Waals surface area contributed by atoms with Crippen molar-refractivity contribution in [1.29, 1.82) is 0 Å². The third kappa shape index (κ3) is 3.58. The summed E-state index contributed by atoms with van der Waals surface area (Å²) in [6.07, 6.45) is 4.55. The summed E-state index contributed by atoms with van der Waals surface area (Å²) in [5.41, 5.74) is 0. The Labute approximate surface area is 128 Å². The first-order chi connectivity index (χ1) is 10.1. The number of amides is 1. The number of nitrogens with one attached hydrogen (secondary N) is 1. The predicted molar refractivity (Wildman–Crippen MR) is 81.4 cm³/mol. The predicted octanol–water partition coefficient (Wildman–Crippen LogP) is 2.16. The summed E-state index contributed by atoms with van der Waals surface area (Å²) in [6.45, 7) is 5.07. The van der Waals surface area contributed by atoms with Crippen molar-refractivity contribution in [3.63, 3.8) is 0 Å². The van der Waals surface area contributed by atoms with E-state index in [0.717, 1.165) is 28.8 Å². The first-order valence-corrected chi connectivity index (χ1v) is 8.43. The zero-order valence-electron chi connectivity index (χ0n) is 12.5. The van der Waals surface area contributed by atoms with E-state index < -0.39 is 0 Å².